The molecule has 6 nitrogen and oxygen atoms in total. The van der Waals surface area contributed by atoms with Crippen LogP contribution in [-0.4, -0.2) is 46.9 Å². The topological polar surface area (TPSA) is 53.4 Å². The van der Waals surface area contributed by atoms with Gasteiger partial charge in [-0.25, -0.2) is 4.79 Å². The highest BCUT2D eigenvalue weighted by molar-refractivity contribution is 5.89. The Morgan fingerprint density at radius 2 is 1.83 bits per heavy atom. The summed E-state index contributed by atoms with van der Waals surface area (Å²) >= 11 is 0. The van der Waals surface area contributed by atoms with Crippen LogP contribution >= 0.6 is 0 Å². The molecular weight excluding hydrogens is 290 g/mol. The summed E-state index contributed by atoms with van der Waals surface area (Å²) in [5, 5.41) is 7.17. The third-order valence-electron chi connectivity index (χ3n) is 4.07. The number of nitrogens with one attached hydrogen (secondary N) is 1. The Hall–Kier alpha value is -2.50. The van der Waals surface area contributed by atoms with Crippen molar-refractivity contribution in [1.82, 2.24) is 14.7 Å². The van der Waals surface area contributed by atoms with Crippen LogP contribution in [0, 0.1) is 0 Å². The molecule has 0 unspecified atom stereocenters. The lowest BCUT2D eigenvalue weighted by molar-refractivity contribution is 0.208. The molecule has 1 aromatic carbocycles. The quantitative estimate of drug-likeness (QED) is 0.948. The van der Waals surface area contributed by atoms with Crippen LogP contribution in [0.25, 0.3) is 0 Å². The van der Waals surface area contributed by atoms with Gasteiger partial charge in [0.05, 0.1) is 11.9 Å². The fourth-order valence-corrected chi connectivity index (χ4v) is 2.69. The first-order valence-corrected chi connectivity index (χ1v) is 8.03. The maximum Gasteiger partial charge on any atom is 0.322 e. The molecular formula is C17H23N5O. The Labute approximate surface area is 136 Å². The van der Waals surface area contributed by atoms with Gasteiger partial charge >= 0.3 is 6.03 Å². The van der Waals surface area contributed by atoms with E-state index in [0.717, 1.165) is 31.9 Å². The van der Waals surface area contributed by atoms with Gasteiger partial charge in [-0.2, -0.15) is 5.10 Å². The molecule has 0 radical (unpaired) electrons. The van der Waals surface area contributed by atoms with E-state index in [9.17, 15) is 4.79 Å². The zero-order valence-electron chi connectivity index (χ0n) is 13.6. The Bertz CT molecular complexity index is 644. The minimum atomic E-state index is -0.0546. The summed E-state index contributed by atoms with van der Waals surface area (Å²) in [6.45, 7) is 7.26. The second kappa shape index (κ2) is 6.73. The first-order valence-electron chi connectivity index (χ1n) is 8.03. The SMILES string of the molecule is CC(C)n1cc(NC(=O)N2CCN(c3ccccc3)CC2)cn1. The van der Waals surface area contributed by atoms with Crippen LogP contribution < -0.4 is 10.2 Å². The van der Waals surface area contributed by atoms with Gasteiger partial charge in [0.15, 0.2) is 0 Å². The summed E-state index contributed by atoms with van der Waals surface area (Å²) in [5.74, 6) is 0. The van der Waals surface area contributed by atoms with Crippen molar-refractivity contribution in [3.05, 3.63) is 42.7 Å². The zero-order chi connectivity index (χ0) is 16.2. The maximum absolute atomic E-state index is 12.3. The number of benzene rings is 1. The summed E-state index contributed by atoms with van der Waals surface area (Å²) in [6.07, 6.45) is 3.56. The summed E-state index contributed by atoms with van der Waals surface area (Å²) in [6, 6.07) is 10.6. The van der Waals surface area contributed by atoms with Crippen molar-refractivity contribution in [3.8, 4) is 0 Å². The standard InChI is InChI=1S/C17H23N5O/c1-14(2)22-13-15(12-18-22)19-17(23)21-10-8-20(9-11-21)16-6-4-3-5-7-16/h3-7,12-14H,8-11H2,1-2H3,(H,19,23). The third kappa shape index (κ3) is 3.64. The second-order valence-electron chi connectivity index (χ2n) is 6.04. The van der Waals surface area contributed by atoms with Crippen LogP contribution in [0.5, 0.6) is 0 Å². The molecule has 0 aliphatic carbocycles. The molecule has 1 aliphatic heterocycles. The molecule has 2 aromatic rings. The summed E-state index contributed by atoms with van der Waals surface area (Å²) < 4.78 is 1.84. The number of amides is 2. The Morgan fingerprint density at radius 1 is 1.13 bits per heavy atom. The van der Waals surface area contributed by atoms with E-state index in [0.29, 0.717) is 0 Å². The molecule has 1 saturated heterocycles. The minimum absolute atomic E-state index is 0.0546. The molecule has 23 heavy (non-hydrogen) atoms. The highest BCUT2D eigenvalue weighted by atomic mass is 16.2. The lowest BCUT2D eigenvalue weighted by Crippen LogP contribution is -2.50. The number of hydrogen-bond acceptors (Lipinski definition) is 3. The van der Waals surface area contributed by atoms with Gasteiger partial charge in [-0.3, -0.25) is 4.68 Å². The zero-order valence-corrected chi connectivity index (χ0v) is 13.6. The van der Waals surface area contributed by atoms with Crippen LogP contribution in [0.1, 0.15) is 19.9 Å². The molecule has 0 atom stereocenters. The number of urea groups is 1. The number of carbonyl (C=O) groups excluding carboxylic acids is 1. The first-order chi connectivity index (χ1) is 11.1. The van der Waals surface area contributed by atoms with E-state index >= 15 is 0 Å². The van der Waals surface area contributed by atoms with E-state index in [-0.39, 0.29) is 12.1 Å². The van der Waals surface area contributed by atoms with Crippen LogP contribution in [0.3, 0.4) is 0 Å². The number of piperazine rings is 1. The van der Waals surface area contributed by atoms with E-state index < -0.39 is 0 Å². The van der Waals surface area contributed by atoms with E-state index in [1.807, 2.05) is 34.0 Å². The fraction of sp³-hybridized carbons (Fsp3) is 0.412. The molecule has 0 spiro atoms. The van der Waals surface area contributed by atoms with Crippen molar-refractivity contribution in [2.24, 2.45) is 0 Å². The number of para-hydroxylation sites is 1. The van der Waals surface area contributed by atoms with Crippen LogP contribution in [0.15, 0.2) is 42.7 Å². The lowest BCUT2D eigenvalue weighted by Gasteiger charge is -2.36. The van der Waals surface area contributed by atoms with Gasteiger partial charge in [0.25, 0.3) is 0 Å². The smallest absolute Gasteiger partial charge is 0.322 e. The largest absolute Gasteiger partial charge is 0.368 e. The molecule has 1 N–H and O–H groups in total. The maximum atomic E-state index is 12.3. The molecule has 1 fully saturated rings. The van der Waals surface area contributed by atoms with Crippen molar-refractivity contribution < 1.29 is 4.79 Å². The van der Waals surface area contributed by atoms with Gasteiger partial charge in [-0.1, -0.05) is 18.2 Å². The van der Waals surface area contributed by atoms with E-state index in [1.165, 1.54) is 5.69 Å². The molecule has 2 heterocycles. The molecule has 0 bridgehead atoms. The minimum Gasteiger partial charge on any atom is -0.368 e. The van der Waals surface area contributed by atoms with Gasteiger partial charge in [0.1, 0.15) is 0 Å². The van der Waals surface area contributed by atoms with E-state index in [1.54, 1.807) is 6.20 Å². The van der Waals surface area contributed by atoms with Gasteiger partial charge in [0, 0.05) is 44.1 Å². The van der Waals surface area contributed by atoms with E-state index in [2.05, 4.69) is 41.3 Å². The summed E-state index contributed by atoms with van der Waals surface area (Å²) in [5.41, 5.74) is 1.96. The van der Waals surface area contributed by atoms with Crippen LogP contribution in [0.4, 0.5) is 16.2 Å². The first kappa shape index (κ1) is 15.4. The predicted octanol–water partition coefficient (Wildman–Crippen LogP) is 2.82. The molecule has 0 saturated carbocycles. The molecule has 1 aliphatic rings. The van der Waals surface area contributed by atoms with Gasteiger partial charge < -0.3 is 15.1 Å². The average molecular weight is 313 g/mol. The number of nitrogens with zero attached hydrogens (tertiary/aromatic N) is 4. The third-order valence-corrected chi connectivity index (χ3v) is 4.07. The molecule has 6 heteroatoms. The van der Waals surface area contributed by atoms with Crippen LogP contribution in [0.2, 0.25) is 0 Å². The second-order valence-corrected chi connectivity index (χ2v) is 6.04. The Kier molecular flexibility index (Phi) is 4.50. The predicted molar refractivity (Wildman–Crippen MR) is 91.9 cm³/mol. The van der Waals surface area contributed by atoms with Gasteiger partial charge in [-0.05, 0) is 26.0 Å². The number of anilines is 2. The van der Waals surface area contributed by atoms with Crippen molar-refractivity contribution >= 4 is 17.4 Å². The van der Waals surface area contributed by atoms with Crippen molar-refractivity contribution in [1.29, 1.82) is 0 Å². The number of rotatable bonds is 3. The van der Waals surface area contributed by atoms with Crippen molar-refractivity contribution in [2.75, 3.05) is 36.4 Å². The van der Waals surface area contributed by atoms with Crippen LogP contribution in [-0.2, 0) is 0 Å². The van der Waals surface area contributed by atoms with Crippen molar-refractivity contribution in [2.45, 2.75) is 19.9 Å². The molecule has 122 valence electrons. The highest BCUT2D eigenvalue weighted by Crippen LogP contribution is 2.16. The Balaban J connectivity index is 1.53. The monoisotopic (exact) mass is 313 g/mol. The van der Waals surface area contributed by atoms with Crippen molar-refractivity contribution in [3.63, 3.8) is 0 Å². The highest BCUT2D eigenvalue weighted by Gasteiger charge is 2.21. The summed E-state index contributed by atoms with van der Waals surface area (Å²) in [4.78, 5) is 16.5. The Morgan fingerprint density at radius 3 is 2.43 bits per heavy atom. The van der Waals surface area contributed by atoms with E-state index in [4.69, 9.17) is 0 Å². The fourth-order valence-electron chi connectivity index (χ4n) is 2.69. The molecule has 2 amide bonds. The number of aromatic nitrogens is 2. The van der Waals surface area contributed by atoms with Gasteiger partial charge in [-0.15, -0.1) is 0 Å². The number of hydrogen-bond donors (Lipinski definition) is 1. The van der Waals surface area contributed by atoms with Gasteiger partial charge in [0.2, 0.25) is 0 Å². The lowest BCUT2D eigenvalue weighted by atomic mass is 10.2. The average Bonchev–Trinajstić information content (AvgIpc) is 3.04. The number of carbonyl (C=O) groups is 1. The summed E-state index contributed by atoms with van der Waals surface area (Å²) in [7, 11) is 0. The molecule has 1 aromatic heterocycles. The normalized spacial score (nSPS) is 15.1. The molecule has 3 rings (SSSR count).